The lowest BCUT2D eigenvalue weighted by atomic mass is 9.89. The second-order valence-electron chi connectivity index (χ2n) is 8.89. The lowest BCUT2D eigenvalue weighted by Gasteiger charge is -2.23. The van der Waals surface area contributed by atoms with Gasteiger partial charge in [-0.2, -0.15) is 0 Å². The lowest BCUT2D eigenvalue weighted by molar-refractivity contribution is -0.117. The fourth-order valence-corrected chi connectivity index (χ4v) is 5.35. The van der Waals surface area contributed by atoms with Crippen LogP contribution in [0.5, 0.6) is 0 Å². The fraction of sp³-hybridized carbons (Fsp3) is 0.346. The Morgan fingerprint density at radius 2 is 1.77 bits per heavy atom. The van der Waals surface area contributed by atoms with Gasteiger partial charge < -0.3 is 16.0 Å². The Balaban J connectivity index is 1.44. The van der Waals surface area contributed by atoms with E-state index in [1.54, 1.807) is 29.7 Å². The van der Waals surface area contributed by atoms with Crippen molar-refractivity contribution in [2.45, 2.75) is 44.6 Å². The normalized spacial score (nSPS) is 14.8. The summed E-state index contributed by atoms with van der Waals surface area (Å²) in [7, 11) is 0. The number of hydrogen-bond acceptors (Lipinski definition) is 5. The van der Waals surface area contributed by atoms with E-state index in [-0.39, 0.29) is 11.9 Å². The number of benzene rings is 2. The molecule has 1 aliphatic rings. The highest BCUT2D eigenvalue weighted by Gasteiger charge is 2.23. The van der Waals surface area contributed by atoms with Gasteiger partial charge in [0.15, 0.2) is 0 Å². The first-order chi connectivity index (χ1) is 17.0. The van der Waals surface area contributed by atoms with Crippen LogP contribution in [0, 0.1) is 5.92 Å². The molecule has 35 heavy (non-hydrogen) atoms. The molecule has 184 valence electrons. The minimum Gasteiger partial charge on any atom is -0.338 e. The number of thiophene rings is 1. The highest BCUT2D eigenvalue weighted by Crippen LogP contribution is 2.28. The summed E-state index contributed by atoms with van der Waals surface area (Å²) in [6, 6.07) is 15.4. The molecule has 0 aliphatic heterocycles. The summed E-state index contributed by atoms with van der Waals surface area (Å²) < 4.78 is 0.850. The van der Waals surface area contributed by atoms with Gasteiger partial charge in [-0.3, -0.25) is 14.8 Å². The first-order valence-electron chi connectivity index (χ1n) is 11.9. The largest absolute Gasteiger partial charge is 0.338 e. The summed E-state index contributed by atoms with van der Waals surface area (Å²) in [5, 5.41) is 18.3. The average molecular weight is 495 g/mol. The van der Waals surface area contributed by atoms with Crippen LogP contribution in [0.4, 0.5) is 10.5 Å². The summed E-state index contributed by atoms with van der Waals surface area (Å²) in [6.07, 6.45) is 6.27. The number of fused-ring (bicyclic) bond motifs is 1. The van der Waals surface area contributed by atoms with Crippen LogP contribution < -0.4 is 21.4 Å². The van der Waals surface area contributed by atoms with Gasteiger partial charge in [0.2, 0.25) is 5.91 Å². The zero-order valence-electron chi connectivity index (χ0n) is 19.4. The molecule has 1 fully saturated rings. The predicted octanol–water partition coefficient (Wildman–Crippen LogP) is 4.45. The van der Waals surface area contributed by atoms with Gasteiger partial charge in [0.05, 0.1) is 4.88 Å². The number of amides is 4. The third-order valence-electron chi connectivity index (χ3n) is 6.29. The third-order valence-corrected chi connectivity index (χ3v) is 7.40. The topological polar surface area (TPSA) is 120 Å². The molecule has 1 aromatic heterocycles. The van der Waals surface area contributed by atoms with Crippen molar-refractivity contribution in [3.8, 4) is 0 Å². The van der Waals surface area contributed by atoms with Crippen LogP contribution in [-0.2, 0) is 11.2 Å². The Bertz CT molecular complexity index is 1170. The standard InChI is InChI=1S/C26H30N4O4S/c31-24(28-20-11-12-22-19(14-20)15-23(35-22)25(32)30-34)21(13-17-7-3-1-4-8-17)29-26(33)27-16-18-9-5-2-6-10-18/h1,3-4,7-8,11-12,14-15,18,21,34H,2,5-6,9-10,13,16H2,(H,28,31)(H,30,32)(H2,27,29,33)/t21-/m0/s1. The molecule has 0 radical (unpaired) electrons. The molecule has 0 saturated heterocycles. The Morgan fingerprint density at radius 1 is 1.00 bits per heavy atom. The Morgan fingerprint density at radius 3 is 2.51 bits per heavy atom. The quantitative estimate of drug-likeness (QED) is 0.235. The second-order valence-corrected chi connectivity index (χ2v) is 9.98. The van der Waals surface area contributed by atoms with E-state index in [1.807, 2.05) is 30.3 Å². The van der Waals surface area contributed by atoms with E-state index in [2.05, 4.69) is 16.0 Å². The van der Waals surface area contributed by atoms with Crippen molar-refractivity contribution in [2.75, 3.05) is 11.9 Å². The van der Waals surface area contributed by atoms with Crippen LogP contribution in [0.1, 0.15) is 47.3 Å². The number of rotatable bonds is 8. The Hall–Kier alpha value is -3.43. The van der Waals surface area contributed by atoms with Crippen molar-refractivity contribution in [2.24, 2.45) is 5.92 Å². The summed E-state index contributed by atoms with van der Waals surface area (Å²) in [4.78, 5) is 37.9. The van der Waals surface area contributed by atoms with E-state index < -0.39 is 11.9 Å². The van der Waals surface area contributed by atoms with Gasteiger partial charge in [0.1, 0.15) is 6.04 Å². The molecular formula is C26H30N4O4S. The molecular weight excluding hydrogens is 464 g/mol. The number of nitrogens with one attached hydrogen (secondary N) is 4. The van der Waals surface area contributed by atoms with Gasteiger partial charge in [-0.1, -0.05) is 49.6 Å². The summed E-state index contributed by atoms with van der Waals surface area (Å²) in [5.74, 6) is -0.418. The molecule has 1 saturated carbocycles. The third kappa shape index (κ3) is 6.80. The highest BCUT2D eigenvalue weighted by atomic mass is 32.1. The van der Waals surface area contributed by atoms with Crippen LogP contribution in [-0.4, -0.2) is 35.6 Å². The summed E-state index contributed by atoms with van der Waals surface area (Å²) >= 11 is 1.24. The maximum absolute atomic E-state index is 13.2. The van der Waals surface area contributed by atoms with Crippen molar-refractivity contribution in [3.63, 3.8) is 0 Å². The maximum Gasteiger partial charge on any atom is 0.315 e. The molecule has 5 N–H and O–H groups in total. The monoisotopic (exact) mass is 494 g/mol. The summed E-state index contributed by atoms with van der Waals surface area (Å²) in [5.41, 5.74) is 3.12. The first-order valence-corrected chi connectivity index (χ1v) is 12.7. The fourth-order valence-electron chi connectivity index (χ4n) is 4.41. The van der Waals surface area contributed by atoms with Gasteiger partial charge in [0.25, 0.3) is 5.91 Å². The number of urea groups is 1. The second kappa shape index (κ2) is 11.8. The molecule has 4 amide bonds. The number of anilines is 1. The molecule has 1 heterocycles. The predicted molar refractivity (Wildman–Crippen MR) is 137 cm³/mol. The van der Waals surface area contributed by atoms with Crippen LogP contribution in [0.2, 0.25) is 0 Å². The van der Waals surface area contributed by atoms with E-state index in [9.17, 15) is 14.4 Å². The number of carbonyl (C=O) groups excluding carboxylic acids is 3. The average Bonchev–Trinajstić information content (AvgIpc) is 3.31. The van der Waals surface area contributed by atoms with E-state index >= 15 is 0 Å². The molecule has 0 spiro atoms. The van der Waals surface area contributed by atoms with Crippen molar-refractivity contribution >= 4 is 45.0 Å². The molecule has 1 aliphatic carbocycles. The van der Waals surface area contributed by atoms with E-state index in [1.165, 1.54) is 30.6 Å². The maximum atomic E-state index is 13.2. The van der Waals surface area contributed by atoms with Crippen LogP contribution in [0.15, 0.2) is 54.6 Å². The molecule has 9 heteroatoms. The van der Waals surface area contributed by atoms with E-state index in [4.69, 9.17) is 5.21 Å². The van der Waals surface area contributed by atoms with Crippen LogP contribution in [0.3, 0.4) is 0 Å². The Labute approximate surface area is 208 Å². The van der Waals surface area contributed by atoms with E-state index in [0.29, 0.717) is 29.4 Å². The van der Waals surface area contributed by atoms with Crippen molar-refractivity contribution in [3.05, 3.63) is 65.0 Å². The highest BCUT2D eigenvalue weighted by molar-refractivity contribution is 7.20. The number of hydrogen-bond donors (Lipinski definition) is 5. The van der Waals surface area contributed by atoms with Crippen molar-refractivity contribution in [1.82, 2.24) is 16.1 Å². The molecule has 0 unspecified atom stereocenters. The molecule has 4 rings (SSSR count). The van der Waals surface area contributed by atoms with Gasteiger partial charge in [0, 0.05) is 23.4 Å². The molecule has 8 nitrogen and oxygen atoms in total. The van der Waals surface area contributed by atoms with E-state index in [0.717, 1.165) is 28.5 Å². The Kier molecular flexibility index (Phi) is 8.33. The SMILES string of the molecule is O=C(NCC1CCCCC1)N[C@@H](Cc1ccccc1)C(=O)Nc1ccc2sc(C(=O)NO)cc2c1. The smallest absolute Gasteiger partial charge is 0.315 e. The lowest BCUT2D eigenvalue weighted by Crippen LogP contribution is -2.50. The molecule has 1 atom stereocenters. The van der Waals surface area contributed by atoms with Crippen molar-refractivity contribution in [1.29, 1.82) is 0 Å². The zero-order valence-corrected chi connectivity index (χ0v) is 20.2. The molecule has 2 aromatic carbocycles. The first kappa shape index (κ1) is 24.7. The van der Waals surface area contributed by atoms with Gasteiger partial charge >= 0.3 is 6.03 Å². The minimum atomic E-state index is -0.766. The zero-order chi connectivity index (χ0) is 24.6. The minimum absolute atomic E-state index is 0.329. The van der Waals surface area contributed by atoms with Crippen LogP contribution in [0.25, 0.3) is 10.1 Å². The molecule has 3 aromatic rings. The van der Waals surface area contributed by atoms with Crippen LogP contribution >= 0.6 is 11.3 Å². The van der Waals surface area contributed by atoms with Gasteiger partial charge in [-0.15, -0.1) is 11.3 Å². The van der Waals surface area contributed by atoms with Crippen molar-refractivity contribution < 1.29 is 19.6 Å². The van der Waals surface area contributed by atoms with Gasteiger partial charge in [-0.25, -0.2) is 10.3 Å². The number of carbonyl (C=O) groups is 3. The summed E-state index contributed by atoms with van der Waals surface area (Å²) in [6.45, 7) is 0.615. The van der Waals surface area contributed by atoms with Gasteiger partial charge in [-0.05, 0) is 54.0 Å². The molecule has 0 bridgehead atoms. The number of hydroxylamine groups is 1.